The third-order valence-electron chi connectivity index (χ3n) is 3.32. The SMILES string of the molecule is Cc1ccc(OCC(=O)NNS(=O)(=O)c2cc(Cl)cc(Cl)c2)cc1C. The van der Waals surface area contributed by atoms with E-state index >= 15 is 0 Å². The number of hydrogen-bond donors (Lipinski definition) is 2. The van der Waals surface area contributed by atoms with Crippen molar-refractivity contribution in [3.63, 3.8) is 0 Å². The molecule has 2 aromatic carbocycles. The molecule has 6 nitrogen and oxygen atoms in total. The molecule has 0 bridgehead atoms. The van der Waals surface area contributed by atoms with Crippen LogP contribution in [0, 0.1) is 13.8 Å². The van der Waals surface area contributed by atoms with Gasteiger partial charge in [0.05, 0.1) is 4.90 Å². The van der Waals surface area contributed by atoms with Crippen LogP contribution in [0.4, 0.5) is 0 Å². The minimum absolute atomic E-state index is 0.164. The van der Waals surface area contributed by atoms with Gasteiger partial charge in [0.1, 0.15) is 5.75 Å². The van der Waals surface area contributed by atoms with Crippen LogP contribution in [0.3, 0.4) is 0 Å². The summed E-state index contributed by atoms with van der Waals surface area (Å²) in [5.74, 6) is -0.141. The maximum absolute atomic E-state index is 12.1. The molecule has 0 aliphatic carbocycles. The third kappa shape index (κ3) is 5.61. The van der Waals surface area contributed by atoms with Gasteiger partial charge in [0, 0.05) is 10.0 Å². The number of amides is 1. The topological polar surface area (TPSA) is 84.5 Å². The summed E-state index contributed by atoms with van der Waals surface area (Å²) < 4.78 is 29.6. The lowest BCUT2D eigenvalue weighted by atomic mass is 10.1. The zero-order chi connectivity index (χ0) is 18.6. The number of carbonyl (C=O) groups is 1. The quantitative estimate of drug-likeness (QED) is 0.727. The second-order valence-corrected chi connectivity index (χ2v) is 7.85. The maximum atomic E-state index is 12.1. The molecule has 1 amide bonds. The Bertz CT molecular complexity index is 881. The Balaban J connectivity index is 1.93. The summed E-state index contributed by atoms with van der Waals surface area (Å²) in [7, 11) is -4.00. The molecule has 0 aliphatic heterocycles. The van der Waals surface area contributed by atoms with E-state index in [4.69, 9.17) is 27.9 Å². The molecule has 0 aromatic heterocycles. The van der Waals surface area contributed by atoms with Crippen LogP contribution in [-0.4, -0.2) is 20.9 Å². The van der Waals surface area contributed by atoms with Crippen LogP contribution in [0.2, 0.25) is 10.0 Å². The molecule has 25 heavy (non-hydrogen) atoms. The number of benzene rings is 2. The summed E-state index contributed by atoms with van der Waals surface area (Å²) in [5.41, 5.74) is 4.19. The summed E-state index contributed by atoms with van der Waals surface area (Å²) in [6, 6.07) is 9.22. The molecule has 0 aliphatic rings. The van der Waals surface area contributed by atoms with Gasteiger partial charge in [0.25, 0.3) is 15.9 Å². The molecular formula is C16H16Cl2N2O4S. The smallest absolute Gasteiger partial charge is 0.272 e. The highest BCUT2D eigenvalue weighted by atomic mass is 35.5. The number of nitrogens with one attached hydrogen (secondary N) is 2. The van der Waals surface area contributed by atoms with E-state index in [9.17, 15) is 13.2 Å². The lowest BCUT2D eigenvalue weighted by molar-refractivity contribution is -0.123. The Morgan fingerprint density at radius 3 is 2.28 bits per heavy atom. The van der Waals surface area contributed by atoms with E-state index in [0.29, 0.717) is 5.75 Å². The summed E-state index contributed by atoms with van der Waals surface area (Å²) >= 11 is 11.6. The van der Waals surface area contributed by atoms with E-state index in [1.165, 1.54) is 18.2 Å². The van der Waals surface area contributed by atoms with E-state index in [2.05, 4.69) is 5.43 Å². The Kier molecular flexibility index (Phi) is 6.29. The summed E-state index contributed by atoms with van der Waals surface area (Å²) in [6.07, 6.45) is 0. The molecule has 0 unspecified atom stereocenters. The van der Waals surface area contributed by atoms with Crippen LogP contribution < -0.4 is 15.0 Å². The van der Waals surface area contributed by atoms with Gasteiger partial charge in [-0.3, -0.25) is 10.2 Å². The predicted octanol–water partition coefficient (Wildman–Crippen LogP) is 3.00. The number of rotatable bonds is 6. The first-order chi connectivity index (χ1) is 11.7. The standard InChI is InChI=1S/C16H16Cl2N2O4S/c1-10-3-4-14(5-11(10)2)24-9-16(21)19-20-25(22,23)15-7-12(17)6-13(18)8-15/h3-8,20H,9H2,1-2H3,(H,19,21). The van der Waals surface area contributed by atoms with Gasteiger partial charge in [-0.25, -0.2) is 8.42 Å². The normalized spacial score (nSPS) is 11.2. The van der Waals surface area contributed by atoms with Gasteiger partial charge < -0.3 is 4.74 Å². The molecule has 2 N–H and O–H groups in total. The van der Waals surface area contributed by atoms with Crippen molar-refractivity contribution in [1.82, 2.24) is 10.3 Å². The van der Waals surface area contributed by atoms with Crippen molar-refractivity contribution >= 4 is 39.1 Å². The van der Waals surface area contributed by atoms with Gasteiger partial charge in [-0.2, -0.15) is 0 Å². The van der Waals surface area contributed by atoms with Crippen LogP contribution in [0.1, 0.15) is 11.1 Å². The molecule has 0 heterocycles. The van der Waals surface area contributed by atoms with E-state index in [1.807, 2.05) is 24.7 Å². The Morgan fingerprint density at radius 2 is 1.68 bits per heavy atom. The minimum Gasteiger partial charge on any atom is -0.484 e. The zero-order valence-corrected chi connectivity index (χ0v) is 15.8. The Labute approximate surface area is 156 Å². The Hall–Kier alpha value is -1.80. The zero-order valence-electron chi connectivity index (χ0n) is 13.5. The van der Waals surface area contributed by atoms with Crippen molar-refractivity contribution in [3.8, 4) is 5.75 Å². The second kappa shape index (κ2) is 8.05. The molecule has 9 heteroatoms. The molecule has 0 spiro atoms. The monoisotopic (exact) mass is 402 g/mol. The summed E-state index contributed by atoms with van der Waals surface area (Å²) in [5, 5.41) is 0.328. The highest BCUT2D eigenvalue weighted by molar-refractivity contribution is 7.89. The number of sulfonamides is 1. The molecule has 134 valence electrons. The lowest BCUT2D eigenvalue weighted by Gasteiger charge is -2.11. The van der Waals surface area contributed by atoms with E-state index in [0.717, 1.165) is 11.1 Å². The molecular weight excluding hydrogens is 387 g/mol. The average molecular weight is 403 g/mol. The van der Waals surface area contributed by atoms with Crippen LogP contribution in [0.15, 0.2) is 41.3 Å². The van der Waals surface area contributed by atoms with Gasteiger partial charge in [0.2, 0.25) is 0 Å². The highest BCUT2D eigenvalue weighted by Crippen LogP contribution is 2.22. The third-order valence-corrected chi connectivity index (χ3v) is 4.98. The van der Waals surface area contributed by atoms with Crippen molar-refractivity contribution in [2.75, 3.05) is 6.61 Å². The van der Waals surface area contributed by atoms with Gasteiger partial charge in [-0.1, -0.05) is 29.3 Å². The van der Waals surface area contributed by atoms with Gasteiger partial charge in [0.15, 0.2) is 6.61 Å². The summed E-state index contributed by atoms with van der Waals surface area (Å²) in [6.45, 7) is 3.54. The minimum atomic E-state index is -4.00. The maximum Gasteiger partial charge on any atom is 0.272 e. The fourth-order valence-corrected chi connectivity index (χ4v) is 3.44. The van der Waals surface area contributed by atoms with Gasteiger partial charge >= 0.3 is 0 Å². The molecule has 0 saturated carbocycles. The van der Waals surface area contributed by atoms with Crippen molar-refractivity contribution in [1.29, 1.82) is 0 Å². The first-order valence-electron chi connectivity index (χ1n) is 7.14. The fourth-order valence-electron chi connectivity index (χ4n) is 1.86. The predicted molar refractivity (Wildman–Crippen MR) is 96.3 cm³/mol. The first kappa shape index (κ1) is 19.5. The van der Waals surface area contributed by atoms with E-state index in [-0.39, 0.29) is 21.5 Å². The lowest BCUT2D eigenvalue weighted by Crippen LogP contribution is -2.43. The van der Waals surface area contributed by atoms with Crippen molar-refractivity contribution in [3.05, 3.63) is 57.6 Å². The van der Waals surface area contributed by atoms with Crippen LogP contribution in [0.25, 0.3) is 0 Å². The number of hydrazine groups is 1. The van der Waals surface area contributed by atoms with E-state index < -0.39 is 15.9 Å². The Morgan fingerprint density at radius 1 is 1.04 bits per heavy atom. The number of halogens is 2. The molecule has 0 radical (unpaired) electrons. The van der Waals surface area contributed by atoms with Crippen molar-refractivity contribution in [2.24, 2.45) is 0 Å². The average Bonchev–Trinajstić information content (AvgIpc) is 2.53. The molecule has 2 rings (SSSR count). The van der Waals surface area contributed by atoms with Crippen LogP contribution >= 0.6 is 23.2 Å². The summed E-state index contributed by atoms with van der Waals surface area (Å²) in [4.78, 5) is 13.6. The first-order valence-corrected chi connectivity index (χ1v) is 9.38. The van der Waals surface area contributed by atoms with Crippen LogP contribution in [0.5, 0.6) is 5.75 Å². The van der Waals surface area contributed by atoms with Crippen LogP contribution in [-0.2, 0) is 14.8 Å². The number of carbonyl (C=O) groups excluding carboxylic acids is 1. The van der Waals surface area contributed by atoms with Crippen molar-refractivity contribution in [2.45, 2.75) is 18.7 Å². The molecule has 0 atom stereocenters. The second-order valence-electron chi connectivity index (χ2n) is 5.29. The number of ether oxygens (including phenoxy) is 1. The molecule has 0 fully saturated rings. The fraction of sp³-hybridized carbons (Fsp3) is 0.188. The molecule has 0 saturated heterocycles. The van der Waals surface area contributed by atoms with Gasteiger partial charge in [-0.15, -0.1) is 4.83 Å². The van der Waals surface area contributed by atoms with Crippen molar-refractivity contribution < 1.29 is 17.9 Å². The largest absolute Gasteiger partial charge is 0.484 e. The highest BCUT2D eigenvalue weighted by Gasteiger charge is 2.16. The number of aryl methyl sites for hydroxylation is 2. The van der Waals surface area contributed by atoms with Gasteiger partial charge in [-0.05, 0) is 55.3 Å². The number of hydrogen-bond acceptors (Lipinski definition) is 4. The van der Waals surface area contributed by atoms with E-state index in [1.54, 1.807) is 12.1 Å². The molecule has 2 aromatic rings.